The molecule has 26 heavy (non-hydrogen) atoms. The lowest BCUT2D eigenvalue weighted by molar-refractivity contribution is -0.100. The number of methoxy groups -OCH3 is 2. The fourth-order valence-corrected chi connectivity index (χ4v) is 3.82. The van der Waals surface area contributed by atoms with Gasteiger partial charge < -0.3 is 24.1 Å². The van der Waals surface area contributed by atoms with Crippen LogP contribution in [0.2, 0.25) is 0 Å². The van der Waals surface area contributed by atoms with E-state index in [1.807, 2.05) is 26.0 Å². The van der Waals surface area contributed by atoms with Crippen molar-refractivity contribution < 1.29 is 24.1 Å². The second-order valence-corrected chi connectivity index (χ2v) is 7.36. The fourth-order valence-electron chi connectivity index (χ4n) is 3.82. The van der Waals surface area contributed by atoms with Crippen molar-refractivity contribution in [1.82, 2.24) is 0 Å². The summed E-state index contributed by atoms with van der Waals surface area (Å²) in [7, 11) is 3.31. The minimum atomic E-state index is -0.0227. The van der Waals surface area contributed by atoms with Gasteiger partial charge in [-0.2, -0.15) is 0 Å². The third kappa shape index (κ3) is 5.86. The van der Waals surface area contributed by atoms with Gasteiger partial charge in [0.2, 0.25) is 0 Å². The second kappa shape index (κ2) is 10.8. The highest BCUT2D eigenvalue weighted by Crippen LogP contribution is 2.42. The molecule has 1 fully saturated rings. The molecule has 148 valence electrons. The van der Waals surface area contributed by atoms with E-state index >= 15 is 0 Å². The van der Waals surface area contributed by atoms with E-state index in [1.165, 1.54) is 0 Å². The molecule has 0 radical (unpaired) electrons. The first-order valence-corrected chi connectivity index (χ1v) is 9.65. The van der Waals surface area contributed by atoms with Gasteiger partial charge in [-0.15, -0.1) is 0 Å². The van der Waals surface area contributed by atoms with E-state index in [1.54, 1.807) is 14.2 Å². The largest absolute Gasteiger partial charge is 0.493 e. The number of rotatable bonds is 10. The average Bonchev–Trinajstić information content (AvgIpc) is 2.63. The van der Waals surface area contributed by atoms with Gasteiger partial charge in [0.1, 0.15) is 6.79 Å². The van der Waals surface area contributed by atoms with Gasteiger partial charge in [0, 0.05) is 13.7 Å². The predicted molar refractivity (Wildman–Crippen MR) is 102 cm³/mol. The van der Waals surface area contributed by atoms with Gasteiger partial charge in [0.05, 0.1) is 19.3 Å². The molecule has 1 unspecified atom stereocenters. The van der Waals surface area contributed by atoms with Gasteiger partial charge in [-0.3, -0.25) is 0 Å². The third-order valence-electron chi connectivity index (χ3n) is 5.10. The third-order valence-corrected chi connectivity index (χ3v) is 5.10. The second-order valence-electron chi connectivity index (χ2n) is 7.36. The van der Waals surface area contributed by atoms with Crippen LogP contribution in [0, 0.1) is 11.8 Å². The molecular formula is C21H34O5. The zero-order valence-electron chi connectivity index (χ0n) is 16.6. The Morgan fingerprint density at radius 2 is 1.81 bits per heavy atom. The Hall–Kier alpha value is -1.30. The Morgan fingerprint density at radius 3 is 2.38 bits per heavy atom. The molecule has 0 aliphatic heterocycles. The van der Waals surface area contributed by atoms with Crippen molar-refractivity contribution in [3.63, 3.8) is 0 Å². The summed E-state index contributed by atoms with van der Waals surface area (Å²) >= 11 is 0. The summed E-state index contributed by atoms with van der Waals surface area (Å²) in [4.78, 5) is 0. The average molecular weight is 366 g/mol. The predicted octanol–water partition coefficient (Wildman–Crippen LogP) is 4.33. The zero-order chi connectivity index (χ0) is 18.9. The molecule has 0 spiro atoms. The van der Waals surface area contributed by atoms with Crippen molar-refractivity contribution in [3.05, 3.63) is 23.8 Å². The monoisotopic (exact) mass is 366 g/mol. The Morgan fingerprint density at radius 1 is 1.08 bits per heavy atom. The van der Waals surface area contributed by atoms with Crippen LogP contribution < -0.4 is 9.47 Å². The molecule has 1 aliphatic carbocycles. The van der Waals surface area contributed by atoms with Gasteiger partial charge in [0.25, 0.3) is 0 Å². The summed E-state index contributed by atoms with van der Waals surface area (Å²) < 4.78 is 22.6. The van der Waals surface area contributed by atoms with Crippen LogP contribution in [-0.4, -0.2) is 38.8 Å². The van der Waals surface area contributed by atoms with Crippen molar-refractivity contribution in [3.8, 4) is 11.5 Å². The zero-order valence-corrected chi connectivity index (χ0v) is 16.6. The molecule has 1 aromatic carbocycles. The van der Waals surface area contributed by atoms with Crippen molar-refractivity contribution in [2.75, 3.05) is 27.6 Å². The van der Waals surface area contributed by atoms with E-state index in [4.69, 9.17) is 18.9 Å². The topological polar surface area (TPSA) is 57.2 Å². The van der Waals surface area contributed by atoms with Crippen LogP contribution in [-0.2, 0) is 9.47 Å². The molecule has 5 nitrogen and oxygen atoms in total. The molecule has 1 aromatic rings. The molecule has 2 rings (SSSR count). The van der Waals surface area contributed by atoms with Crippen molar-refractivity contribution in [2.24, 2.45) is 11.8 Å². The van der Waals surface area contributed by atoms with E-state index in [2.05, 4.69) is 6.07 Å². The summed E-state index contributed by atoms with van der Waals surface area (Å²) in [6.45, 7) is 4.57. The Kier molecular flexibility index (Phi) is 8.69. The quantitative estimate of drug-likeness (QED) is 0.625. The van der Waals surface area contributed by atoms with E-state index < -0.39 is 0 Å². The van der Waals surface area contributed by atoms with Gasteiger partial charge in [-0.05, 0) is 75.5 Å². The lowest BCUT2D eigenvalue weighted by Gasteiger charge is -2.34. The molecule has 0 aromatic heterocycles. The van der Waals surface area contributed by atoms with Crippen LogP contribution in [0.25, 0.3) is 0 Å². The van der Waals surface area contributed by atoms with Crippen molar-refractivity contribution in [2.45, 2.75) is 58.2 Å². The molecule has 5 heteroatoms. The molecule has 1 aliphatic rings. The smallest absolute Gasteiger partial charge is 0.161 e. The van der Waals surface area contributed by atoms with Crippen molar-refractivity contribution in [1.29, 1.82) is 0 Å². The Bertz CT molecular complexity index is 523. The highest BCUT2D eigenvalue weighted by Gasteiger charge is 2.30. The van der Waals surface area contributed by atoms with Gasteiger partial charge in [-0.25, -0.2) is 0 Å². The van der Waals surface area contributed by atoms with E-state index in [0.29, 0.717) is 11.8 Å². The SMILES string of the molecule is COCOC(c1ccc(OC)c(OC(C)C)c1)C1CCC(CCO)CC1. The fraction of sp³-hybridized carbons (Fsp3) is 0.714. The molecular weight excluding hydrogens is 332 g/mol. The van der Waals surface area contributed by atoms with Gasteiger partial charge >= 0.3 is 0 Å². The van der Waals surface area contributed by atoms with Crippen LogP contribution in [0.3, 0.4) is 0 Å². The molecule has 1 N–H and O–H groups in total. The highest BCUT2D eigenvalue weighted by molar-refractivity contribution is 5.44. The van der Waals surface area contributed by atoms with Gasteiger partial charge in [-0.1, -0.05) is 6.07 Å². The first kappa shape index (κ1) is 21.0. The van der Waals surface area contributed by atoms with Crippen LogP contribution in [0.15, 0.2) is 18.2 Å². The first-order chi connectivity index (χ1) is 12.6. The number of aliphatic hydroxyl groups is 1. The van der Waals surface area contributed by atoms with Crippen LogP contribution in [0.4, 0.5) is 0 Å². The Balaban J connectivity index is 2.18. The molecule has 0 heterocycles. The molecule has 0 bridgehead atoms. The van der Waals surface area contributed by atoms with E-state index in [9.17, 15) is 5.11 Å². The summed E-state index contributed by atoms with van der Waals surface area (Å²) in [6.07, 6.45) is 5.45. The normalized spacial score (nSPS) is 21.6. The van der Waals surface area contributed by atoms with E-state index in [0.717, 1.165) is 49.2 Å². The lowest BCUT2D eigenvalue weighted by atomic mass is 9.77. The summed E-state index contributed by atoms with van der Waals surface area (Å²) in [5, 5.41) is 9.17. The number of aliphatic hydroxyl groups excluding tert-OH is 1. The number of benzene rings is 1. The van der Waals surface area contributed by atoms with Crippen LogP contribution in [0.5, 0.6) is 11.5 Å². The molecule has 1 atom stereocenters. The maximum Gasteiger partial charge on any atom is 0.161 e. The standard InChI is InChI=1S/C21H34O5/c1-15(2)26-20-13-18(9-10-19(20)24-4)21(25-14-23-3)17-7-5-16(6-8-17)11-12-22/h9-10,13,15-17,21-22H,5-8,11-12,14H2,1-4H3. The molecule has 1 saturated carbocycles. The number of hydrogen-bond acceptors (Lipinski definition) is 5. The number of ether oxygens (including phenoxy) is 4. The van der Waals surface area contributed by atoms with Crippen molar-refractivity contribution >= 4 is 0 Å². The van der Waals surface area contributed by atoms with E-state index in [-0.39, 0.29) is 25.6 Å². The maximum atomic E-state index is 9.17. The lowest BCUT2D eigenvalue weighted by Crippen LogP contribution is -2.24. The first-order valence-electron chi connectivity index (χ1n) is 9.65. The Labute approximate surface area is 157 Å². The maximum absolute atomic E-state index is 9.17. The highest BCUT2D eigenvalue weighted by atomic mass is 16.7. The van der Waals surface area contributed by atoms with Crippen LogP contribution >= 0.6 is 0 Å². The van der Waals surface area contributed by atoms with Crippen LogP contribution in [0.1, 0.15) is 57.6 Å². The minimum absolute atomic E-state index is 0.0227. The summed E-state index contributed by atoms with van der Waals surface area (Å²) in [6, 6.07) is 6.05. The minimum Gasteiger partial charge on any atom is -0.493 e. The summed E-state index contributed by atoms with van der Waals surface area (Å²) in [5.74, 6) is 2.56. The molecule has 0 saturated heterocycles. The van der Waals surface area contributed by atoms with Gasteiger partial charge in [0.15, 0.2) is 11.5 Å². The summed E-state index contributed by atoms with van der Waals surface area (Å²) in [5.41, 5.74) is 1.10. The number of hydrogen-bond donors (Lipinski definition) is 1. The molecule has 0 amide bonds.